The summed E-state index contributed by atoms with van der Waals surface area (Å²) in [7, 11) is 0. The number of fused-ring (bicyclic) bond motifs is 1. The van der Waals surface area contributed by atoms with Crippen molar-refractivity contribution < 1.29 is 18.7 Å². The largest absolute Gasteiger partial charge is 0.492 e. The van der Waals surface area contributed by atoms with Gasteiger partial charge in [-0.3, -0.25) is 4.79 Å². The van der Waals surface area contributed by atoms with Crippen LogP contribution in [0.1, 0.15) is 26.3 Å². The van der Waals surface area contributed by atoms with E-state index in [0.717, 1.165) is 23.8 Å². The number of hydrogen-bond donors (Lipinski definition) is 2. The van der Waals surface area contributed by atoms with Gasteiger partial charge in [-0.15, -0.1) is 0 Å². The van der Waals surface area contributed by atoms with Gasteiger partial charge in [-0.25, -0.2) is 4.39 Å². The third-order valence-corrected chi connectivity index (χ3v) is 4.49. The van der Waals surface area contributed by atoms with Gasteiger partial charge in [-0.2, -0.15) is 0 Å². The third kappa shape index (κ3) is 4.45. The summed E-state index contributed by atoms with van der Waals surface area (Å²) in [5.41, 5.74) is 1.81. The fourth-order valence-electron chi connectivity index (χ4n) is 2.96. The summed E-state index contributed by atoms with van der Waals surface area (Å²) >= 11 is 5.74. The molecule has 27 heavy (non-hydrogen) atoms. The normalized spacial score (nSPS) is 16.3. The van der Waals surface area contributed by atoms with Crippen molar-refractivity contribution in [2.45, 2.75) is 39.3 Å². The van der Waals surface area contributed by atoms with Crippen LogP contribution in [0.4, 0.5) is 15.8 Å². The summed E-state index contributed by atoms with van der Waals surface area (Å²) in [6.07, 6.45) is 0.931. The SMILES string of the molecule is CCOc1cc2c(cc1N[C@@H](C)C(=O)Nc1ccc(Cl)cc1F)O[C@H](C)C2. The summed E-state index contributed by atoms with van der Waals surface area (Å²) in [4.78, 5) is 12.5. The number of amides is 1. The second kappa shape index (κ2) is 8.05. The minimum absolute atomic E-state index is 0.0780. The number of hydrogen-bond acceptors (Lipinski definition) is 4. The zero-order valence-corrected chi connectivity index (χ0v) is 16.2. The number of ether oxygens (including phenoxy) is 2. The molecule has 2 aromatic carbocycles. The average molecular weight is 393 g/mol. The lowest BCUT2D eigenvalue weighted by molar-refractivity contribution is -0.116. The molecular formula is C20H22ClFN2O3. The van der Waals surface area contributed by atoms with Crippen molar-refractivity contribution in [3.05, 3.63) is 46.7 Å². The van der Waals surface area contributed by atoms with Crippen molar-refractivity contribution in [2.24, 2.45) is 0 Å². The monoisotopic (exact) mass is 392 g/mol. The Morgan fingerprint density at radius 1 is 1.37 bits per heavy atom. The molecule has 0 fully saturated rings. The van der Waals surface area contributed by atoms with Gasteiger partial charge in [0.25, 0.3) is 0 Å². The molecule has 1 aliphatic heterocycles. The molecule has 144 valence electrons. The molecule has 7 heteroatoms. The van der Waals surface area contributed by atoms with Crippen molar-refractivity contribution in [1.82, 2.24) is 0 Å². The number of rotatable bonds is 6. The van der Waals surface area contributed by atoms with E-state index in [2.05, 4.69) is 10.6 Å². The predicted molar refractivity (Wildman–Crippen MR) is 105 cm³/mol. The molecule has 0 aliphatic carbocycles. The van der Waals surface area contributed by atoms with Crippen LogP contribution < -0.4 is 20.1 Å². The van der Waals surface area contributed by atoms with E-state index in [1.54, 1.807) is 6.92 Å². The lowest BCUT2D eigenvalue weighted by Crippen LogP contribution is -2.32. The van der Waals surface area contributed by atoms with Gasteiger partial charge in [0.15, 0.2) is 0 Å². The third-order valence-electron chi connectivity index (χ3n) is 4.25. The van der Waals surface area contributed by atoms with Crippen LogP contribution in [0.2, 0.25) is 5.02 Å². The first kappa shape index (κ1) is 19.3. The molecule has 1 heterocycles. The van der Waals surface area contributed by atoms with Crippen LogP contribution in [0.15, 0.2) is 30.3 Å². The van der Waals surface area contributed by atoms with Crippen LogP contribution in [-0.2, 0) is 11.2 Å². The van der Waals surface area contributed by atoms with E-state index >= 15 is 0 Å². The second-order valence-corrected chi connectivity index (χ2v) is 6.94. The van der Waals surface area contributed by atoms with E-state index in [-0.39, 0.29) is 22.7 Å². The molecule has 1 amide bonds. The van der Waals surface area contributed by atoms with Crippen molar-refractivity contribution in [2.75, 3.05) is 17.2 Å². The number of anilines is 2. The van der Waals surface area contributed by atoms with E-state index in [0.29, 0.717) is 18.0 Å². The van der Waals surface area contributed by atoms with Crippen LogP contribution in [0.25, 0.3) is 0 Å². The topological polar surface area (TPSA) is 59.6 Å². The van der Waals surface area contributed by atoms with Gasteiger partial charge < -0.3 is 20.1 Å². The molecule has 1 aliphatic rings. The molecule has 2 aromatic rings. The van der Waals surface area contributed by atoms with Gasteiger partial charge in [0, 0.05) is 23.1 Å². The Kier molecular flexibility index (Phi) is 5.75. The Morgan fingerprint density at radius 2 is 2.15 bits per heavy atom. The smallest absolute Gasteiger partial charge is 0.246 e. The van der Waals surface area contributed by atoms with Gasteiger partial charge in [-0.05, 0) is 45.0 Å². The quantitative estimate of drug-likeness (QED) is 0.751. The predicted octanol–water partition coefficient (Wildman–Crippen LogP) is 4.64. The number of carbonyl (C=O) groups is 1. The number of halogens is 2. The Morgan fingerprint density at radius 3 is 2.85 bits per heavy atom. The first-order valence-corrected chi connectivity index (χ1v) is 9.24. The Balaban J connectivity index is 1.75. The van der Waals surface area contributed by atoms with Gasteiger partial charge in [0.1, 0.15) is 29.5 Å². The van der Waals surface area contributed by atoms with E-state index in [9.17, 15) is 9.18 Å². The number of nitrogens with one attached hydrogen (secondary N) is 2. The maximum atomic E-state index is 13.9. The van der Waals surface area contributed by atoms with Crippen LogP contribution in [0, 0.1) is 5.82 Å². The van der Waals surface area contributed by atoms with E-state index < -0.39 is 11.9 Å². The van der Waals surface area contributed by atoms with E-state index in [4.69, 9.17) is 21.1 Å². The highest BCUT2D eigenvalue weighted by Crippen LogP contribution is 2.38. The first-order valence-electron chi connectivity index (χ1n) is 8.86. The van der Waals surface area contributed by atoms with Gasteiger partial charge in [0.05, 0.1) is 18.0 Å². The van der Waals surface area contributed by atoms with Crippen molar-refractivity contribution in [1.29, 1.82) is 0 Å². The fraction of sp³-hybridized carbons (Fsp3) is 0.350. The van der Waals surface area contributed by atoms with Gasteiger partial charge >= 0.3 is 0 Å². The molecular weight excluding hydrogens is 371 g/mol. The maximum Gasteiger partial charge on any atom is 0.246 e. The molecule has 2 N–H and O–H groups in total. The molecule has 0 unspecified atom stereocenters. The number of benzene rings is 2. The molecule has 0 saturated heterocycles. The Hall–Kier alpha value is -2.47. The highest BCUT2D eigenvalue weighted by atomic mass is 35.5. The van der Waals surface area contributed by atoms with Crippen molar-refractivity contribution in [3.63, 3.8) is 0 Å². The summed E-state index contributed by atoms with van der Waals surface area (Å²) < 4.78 is 25.4. The molecule has 5 nitrogen and oxygen atoms in total. The molecule has 2 atom stereocenters. The lowest BCUT2D eigenvalue weighted by atomic mass is 10.1. The highest BCUT2D eigenvalue weighted by Gasteiger charge is 2.23. The van der Waals surface area contributed by atoms with Crippen molar-refractivity contribution in [3.8, 4) is 11.5 Å². The van der Waals surface area contributed by atoms with Gasteiger partial charge in [0.2, 0.25) is 5.91 Å². The summed E-state index contributed by atoms with van der Waals surface area (Å²) in [5.74, 6) is 0.475. The summed E-state index contributed by atoms with van der Waals surface area (Å²) in [5, 5.41) is 5.96. The van der Waals surface area contributed by atoms with Crippen LogP contribution in [0.3, 0.4) is 0 Å². The fourth-order valence-corrected chi connectivity index (χ4v) is 3.12. The standard InChI is InChI=1S/C20H22ClFN2O3/c1-4-26-19-8-13-7-11(2)27-18(13)10-17(19)23-12(3)20(25)24-16-6-5-14(21)9-15(16)22/h5-6,8-12,23H,4,7H2,1-3H3,(H,24,25)/t11-,12+/m1/s1. The molecule has 0 saturated carbocycles. The first-order chi connectivity index (χ1) is 12.9. The summed E-state index contributed by atoms with van der Waals surface area (Å²) in [6, 6.07) is 7.26. The van der Waals surface area contributed by atoms with Crippen LogP contribution in [-0.4, -0.2) is 24.7 Å². The zero-order chi connectivity index (χ0) is 19.6. The van der Waals surface area contributed by atoms with Crippen molar-refractivity contribution >= 4 is 28.9 Å². The Labute approximate surface area is 162 Å². The molecule has 0 radical (unpaired) electrons. The van der Waals surface area contributed by atoms with E-state index in [1.165, 1.54) is 12.1 Å². The molecule has 0 bridgehead atoms. The molecule has 0 spiro atoms. The zero-order valence-electron chi connectivity index (χ0n) is 15.4. The number of carbonyl (C=O) groups excluding carboxylic acids is 1. The Bertz CT molecular complexity index is 859. The molecule has 3 rings (SSSR count). The van der Waals surface area contributed by atoms with Gasteiger partial charge in [-0.1, -0.05) is 11.6 Å². The second-order valence-electron chi connectivity index (χ2n) is 6.50. The van der Waals surface area contributed by atoms with E-state index in [1.807, 2.05) is 26.0 Å². The highest BCUT2D eigenvalue weighted by molar-refractivity contribution is 6.30. The minimum atomic E-state index is -0.629. The lowest BCUT2D eigenvalue weighted by Gasteiger charge is -2.19. The van der Waals surface area contributed by atoms with Crippen LogP contribution in [0.5, 0.6) is 11.5 Å². The minimum Gasteiger partial charge on any atom is -0.492 e. The van der Waals surface area contributed by atoms with Crippen LogP contribution >= 0.6 is 11.6 Å². The average Bonchev–Trinajstić information content (AvgIpc) is 2.96. The molecule has 0 aromatic heterocycles. The summed E-state index contributed by atoms with van der Waals surface area (Å²) in [6.45, 7) is 6.09. The maximum absolute atomic E-state index is 13.9.